The van der Waals surface area contributed by atoms with Crippen molar-refractivity contribution in [2.24, 2.45) is 0 Å². The Morgan fingerprint density at radius 2 is 2.05 bits per heavy atom. The fourth-order valence-corrected chi connectivity index (χ4v) is 3.81. The number of hydrogen-bond donors (Lipinski definition) is 0. The van der Waals surface area contributed by atoms with Crippen LogP contribution in [0.25, 0.3) is 0 Å². The molecule has 0 spiro atoms. The lowest BCUT2D eigenvalue weighted by Gasteiger charge is -2.33. The van der Waals surface area contributed by atoms with Gasteiger partial charge in [0.15, 0.2) is 0 Å². The van der Waals surface area contributed by atoms with Gasteiger partial charge in [0.2, 0.25) is 5.91 Å². The molecule has 0 radical (unpaired) electrons. The van der Waals surface area contributed by atoms with E-state index in [1.165, 1.54) is 32.1 Å². The second-order valence-electron chi connectivity index (χ2n) is 6.25. The Kier molecular flexibility index (Phi) is 4.53. The molecule has 3 heterocycles. The molecule has 2 fully saturated rings. The topological polar surface area (TPSA) is 54.3 Å². The molecule has 0 N–H and O–H groups in total. The molecule has 0 unspecified atom stereocenters. The minimum atomic E-state index is 0.318. The monoisotopic (exact) mass is 291 g/mol. The van der Waals surface area contributed by atoms with Crippen molar-refractivity contribution >= 4 is 5.91 Å². The van der Waals surface area contributed by atoms with Gasteiger partial charge in [0.25, 0.3) is 0 Å². The Morgan fingerprint density at radius 1 is 1.24 bits per heavy atom. The number of likely N-dealkylation sites (N-methyl/N-ethyl adjacent to an activating group) is 1. The van der Waals surface area contributed by atoms with Crippen molar-refractivity contribution < 1.29 is 4.79 Å². The van der Waals surface area contributed by atoms with Gasteiger partial charge in [0, 0.05) is 31.6 Å². The second-order valence-corrected chi connectivity index (χ2v) is 6.25. The van der Waals surface area contributed by atoms with Gasteiger partial charge in [0.05, 0.1) is 0 Å². The van der Waals surface area contributed by atoms with Crippen LogP contribution in [0, 0.1) is 0 Å². The zero-order valence-electron chi connectivity index (χ0n) is 12.8. The van der Waals surface area contributed by atoms with Crippen molar-refractivity contribution in [2.75, 3.05) is 20.1 Å². The van der Waals surface area contributed by atoms with Gasteiger partial charge < -0.3 is 9.80 Å². The number of amides is 1. The third-order valence-corrected chi connectivity index (χ3v) is 4.89. The predicted octanol–water partition coefficient (Wildman–Crippen LogP) is 1.14. The van der Waals surface area contributed by atoms with Gasteiger partial charge >= 0.3 is 0 Å². The number of carbonyl (C=O) groups is 1. The SMILES string of the molecule is CN1CCC[C@H]1[C@@H]1CCCN1C(=O)CCCn1cncn1. The summed E-state index contributed by atoms with van der Waals surface area (Å²) >= 11 is 0. The van der Waals surface area contributed by atoms with Gasteiger partial charge in [-0.2, -0.15) is 5.10 Å². The highest BCUT2D eigenvalue weighted by Gasteiger charge is 2.37. The lowest BCUT2D eigenvalue weighted by atomic mass is 10.0. The van der Waals surface area contributed by atoms with Crippen LogP contribution in [-0.2, 0) is 11.3 Å². The van der Waals surface area contributed by atoms with Gasteiger partial charge in [-0.05, 0) is 45.7 Å². The highest BCUT2D eigenvalue weighted by molar-refractivity contribution is 5.76. The Bertz CT molecular complexity index is 461. The molecule has 6 heteroatoms. The maximum atomic E-state index is 12.5. The minimum absolute atomic E-state index is 0.318. The van der Waals surface area contributed by atoms with E-state index in [9.17, 15) is 4.79 Å². The highest BCUT2D eigenvalue weighted by Crippen LogP contribution is 2.29. The van der Waals surface area contributed by atoms with E-state index in [0.29, 0.717) is 24.4 Å². The van der Waals surface area contributed by atoms with Crippen molar-refractivity contribution in [3.63, 3.8) is 0 Å². The van der Waals surface area contributed by atoms with Gasteiger partial charge in [-0.1, -0.05) is 0 Å². The number of hydrogen-bond acceptors (Lipinski definition) is 4. The van der Waals surface area contributed by atoms with E-state index in [1.807, 2.05) is 0 Å². The van der Waals surface area contributed by atoms with Crippen molar-refractivity contribution in [1.82, 2.24) is 24.6 Å². The van der Waals surface area contributed by atoms with Gasteiger partial charge in [-0.3, -0.25) is 9.48 Å². The highest BCUT2D eigenvalue weighted by atomic mass is 16.2. The zero-order chi connectivity index (χ0) is 14.7. The van der Waals surface area contributed by atoms with Crippen LogP contribution >= 0.6 is 0 Å². The van der Waals surface area contributed by atoms with Crippen molar-refractivity contribution in [3.05, 3.63) is 12.7 Å². The van der Waals surface area contributed by atoms with Crippen LogP contribution < -0.4 is 0 Å². The van der Waals surface area contributed by atoms with Crippen LogP contribution in [0.4, 0.5) is 0 Å². The van der Waals surface area contributed by atoms with Gasteiger partial charge in [-0.25, -0.2) is 4.98 Å². The molecule has 116 valence electrons. The fraction of sp³-hybridized carbons (Fsp3) is 0.800. The van der Waals surface area contributed by atoms with Crippen molar-refractivity contribution in [2.45, 2.75) is 57.2 Å². The molecule has 6 nitrogen and oxygen atoms in total. The molecule has 21 heavy (non-hydrogen) atoms. The van der Waals surface area contributed by atoms with E-state index in [1.54, 1.807) is 11.0 Å². The third kappa shape index (κ3) is 3.26. The molecule has 2 saturated heterocycles. The van der Waals surface area contributed by atoms with E-state index >= 15 is 0 Å². The largest absolute Gasteiger partial charge is 0.338 e. The summed E-state index contributed by atoms with van der Waals surface area (Å²) < 4.78 is 1.79. The summed E-state index contributed by atoms with van der Waals surface area (Å²) in [6.45, 7) is 2.89. The molecule has 1 amide bonds. The second kappa shape index (κ2) is 6.56. The van der Waals surface area contributed by atoms with E-state index < -0.39 is 0 Å². The quantitative estimate of drug-likeness (QED) is 0.816. The lowest BCUT2D eigenvalue weighted by Crippen LogP contribution is -2.47. The summed E-state index contributed by atoms with van der Waals surface area (Å²) in [5.74, 6) is 0.318. The van der Waals surface area contributed by atoms with Crippen molar-refractivity contribution in [1.29, 1.82) is 0 Å². The summed E-state index contributed by atoms with van der Waals surface area (Å²) in [5, 5.41) is 4.07. The first-order valence-electron chi connectivity index (χ1n) is 8.08. The Hall–Kier alpha value is -1.43. The summed E-state index contributed by atoms with van der Waals surface area (Å²) in [6, 6.07) is 1.02. The molecular formula is C15H25N5O. The third-order valence-electron chi connectivity index (χ3n) is 4.89. The number of likely N-dealkylation sites (tertiary alicyclic amines) is 2. The normalized spacial score (nSPS) is 26.6. The molecular weight excluding hydrogens is 266 g/mol. The molecule has 3 rings (SSSR count). The van der Waals surface area contributed by atoms with Crippen LogP contribution in [-0.4, -0.2) is 62.7 Å². The van der Waals surface area contributed by atoms with Gasteiger partial charge in [-0.15, -0.1) is 0 Å². The summed E-state index contributed by atoms with van der Waals surface area (Å²) in [4.78, 5) is 21.0. The number of carbonyl (C=O) groups excluding carboxylic acids is 1. The predicted molar refractivity (Wildman–Crippen MR) is 79.6 cm³/mol. The van der Waals surface area contributed by atoms with E-state index in [2.05, 4.69) is 26.9 Å². The number of nitrogens with zero attached hydrogens (tertiary/aromatic N) is 5. The lowest BCUT2D eigenvalue weighted by molar-refractivity contribution is -0.133. The number of aromatic nitrogens is 3. The average Bonchev–Trinajstić information content (AvgIpc) is 3.18. The molecule has 0 bridgehead atoms. The zero-order valence-corrected chi connectivity index (χ0v) is 12.8. The standard InChI is InChI=1S/C15H25N5O/c1-18-8-2-5-13(18)14-6-3-10-20(14)15(21)7-4-9-19-12-16-11-17-19/h11-14H,2-10H2,1H3/t13-,14-/m0/s1. The van der Waals surface area contributed by atoms with Crippen molar-refractivity contribution in [3.8, 4) is 0 Å². The van der Waals surface area contributed by atoms with Crippen LogP contribution in [0.2, 0.25) is 0 Å². The molecule has 0 saturated carbocycles. The first-order chi connectivity index (χ1) is 10.3. The smallest absolute Gasteiger partial charge is 0.222 e. The summed E-state index contributed by atoms with van der Waals surface area (Å²) in [5.41, 5.74) is 0. The molecule has 1 aromatic heterocycles. The van der Waals surface area contributed by atoms with E-state index in [0.717, 1.165) is 25.9 Å². The molecule has 1 aromatic rings. The Balaban J connectivity index is 1.51. The maximum absolute atomic E-state index is 12.5. The van der Waals surface area contributed by atoms with Crippen LogP contribution in [0.3, 0.4) is 0 Å². The number of rotatable bonds is 5. The fourth-order valence-electron chi connectivity index (χ4n) is 3.81. The average molecular weight is 291 g/mol. The van der Waals surface area contributed by atoms with Gasteiger partial charge in [0.1, 0.15) is 12.7 Å². The maximum Gasteiger partial charge on any atom is 0.222 e. The van der Waals surface area contributed by atoms with E-state index in [4.69, 9.17) is 0 Å². The Labute approximate surface area is 126 Å². The molecule has 2 aliphatic rings. The summed E-state index contributed by atoms with van der Waals surface area (Å²) in [6.07, 6.45) is 9.53. The van der Waals surface area contributed by atoms with Crippen LogP contribution in [0.15, 0.2) is 12.7 Å². The minimum Gasteiger partial charge on any atom is -0.338 e. The van der Waals surface area contributed by atoms with Crippen LogP contribution in [0.1, 0.15) is 38.5 Å². The molecule has 2 atom stereocenters. The summed E-state index contributed by atoms with van der Waals surface area (Å²) in [7, 11) is 2.20. The van der Waals surface area contributed by atoms with E-state index in [-0.39, 0.29) is 0 Å². The molecule has 0 aromatic carbocycles. The first-order valence-corrected chi connectivity index (χ1v) is 8.08. The first kappa shape index (κ1) is 14.5. The molecule has 0 aliphatic carbocycles. The van der Waals surface area contributed by atoms with Crippen LogP contribution in [0.5, 0.6) is 0 Å². The molecule has 2 aliphatic heterocycles. The number of aryl methyl sites for hydroxylation is 1. The Morgan fingerprint density at radius 3 is 2.76 bits per heavy atom.